The number of nitrogens with zero attached hydrogens (tertiary/aromatic N) is 1. The average molecular weight is 276 g/mol. The van der Waals surface area contributed by atoms with Crippen LogP contribution in [0.1, 0.15) is 12.5 Å². The molecule has 1 aromatic carbocycles. The number of pyridine rings is 1. The molecule has 0 saturated heterocycles. The molecular weight excluding hydrogens is 262 g/mol. The number of hydrogen-bond acceptors (Lipinski definition) is 3. The van der Waals surface area contributed by atoms with Gasteiger partial charge in [-0.3, -0.25) is 9.78 Å². The molecule has 2 aromatic rings. The van der Waals surface area contributed by atoms with Crippen LogP contribution in [0.25, 0.3) is 0 Å². The predicted molar refractivity (Wildman–Crippen MR) is 77.3 cm³/mol. The summed E-state index contributed by atoms with van der Waals surface area (Å²) in [5, 5.41) is 6.62. The summed E-state index contributed by atoms with van der Waals surface area (Å²) in [7, 11) is 0. The third kappa shape index (κ3) is 3.96. The third-order valence-electron chi connectivity index (χ3n) is 2.52. The van der Waals surface area contributed by atoms with Gasteiger partial charge in [-0.25, -0.2) is 0 Å². The van der Waals surface area contributed by atoms with Crippen molar-refractivity contribution in [1.82, 2.24) is 4.98 Å². The second-order valence-corrected chi connectivity index (χ2v) is 4.49. The molecule has 0 spiro atoms. The summed E-state index contributed by atoms with van der Waals surface area (Å²) in [6.45, 7) is 2.09. The highest BCUT2D eigenvalue weighted by atomic mass is 35.5. The third-order valence-corrected chi connectivity index (χ3v) is 2.86. The molecular formula is C14H14ClN3O. The number of hydrogen-bond donors (Lipinski definition) is 2. The summed E-state index contributed by atoms with van der Waals surface area (Å²) in [6.07, 6.45) is 3.32. The summed E-state index contributed by atoms with van der Waals surface area (Å²) < 4.78 is 0. The number of amides is 1. The topological polar surface area (TPSA) is 54.0 Å². The highest BCUT2D eigenvalue weighted by Gasteiger charge is 2.01. The molecule has 0 aliphatic heterocycles. The largest absolute Gasteiger partial charge is 0.381 e. The molecule has 5 heteroatoms. The minimum Gasteiger partial charge on any atom is -0.381 e. The number of carbonyl (C=O) groups excluding carboxylic acids is 1. The Balaban J connectivity index is 2.03. The van der Waals surface area contributed by atoms with Gasteiger partial charge in [0.2, 0.25) is 5.91 Å². The minimum absolute atomic E-state index is 0.0886. The van der Waals surface area contributed by atoms with Crippen molar-refractivity contribution in [3.05, 3.63) is 53.3 Å². The molecule has 2 rings (SSSR count). The maximum Gasteiger partial charge on any atom is 0.221 e. The van der Waals surface area contributed by atoms with Crippen LogP contribution in [-0.4, -0.2) is 10.9 Å². The lowest BCUT2D eigenvalue weighted by Crippen LogP contribution is -2.06. The Morgan fingerprint density at radius 1 is 1.32 bits per heavy atom. The van der Waals surface area contributed by atoms with Gasteiger partial charge in [-0.15, -0.1) is 0 Å². The highest BCUT2D eigenvalue weighted by molar-refractivity contribution is 6.31. The molecule has 98 valence electrons. The Bertz CT molecular complexity index is 586. The van der Waals surface area contributed by atoms with Gasteiger partial charge >= 0.3 is 0 Å². The van der Waals surface area contributed by atoms with Crippen LogP contribution in [0.3, 0.4) is 0 Å². The number of aromatic nitrogens is 1. The van der Waals surface area contributed by atoms with Crippen LogP contribution in [0.5, 0.6) is 0 Å². The number of carbonyl (C=O) groups is 1. The molecule has 0 unspecified atom stereocenters. The van der Waals surface area contributed by atoms with Gasteiger partial charge in [0.15, 0.2) is 0 Å². The zero-order valence-electron chi connectivity index (χ0n) is 10.5. The smallest absolute Gasteiger partial charge is 0.221 e. The molecule has 0 aliphatic carbocycles. The predicted octanol–water partition coefficient (Wildman–Crippen LogP) is 3.31. The molecule has 2 N–H and O–H groups in total. The highest BCUT2D eigenvalue weighted by Crippen LogP contribution is 2.18. The second-order valence-electron chi connectivity index (χ2n) is 4.08. The lowest BCUT2D eigenvalue weighted by molar-refractivity contribution is -0.114. The summed E-state index contributed by atoms with van der Waals surface area (Å²) in [4.78, 5) is 14.9. The monoisotopic (exact) mass is 275 g/mol. The SMILES string of the molecule is CC(=O)Nc1cccc(NCc2ccncc2Cl)c1. The fourth-order valence-corrected chi connectivity index (χ4v) is 1.84. The fourth-order valence-electron chi connectivity index (χ4n) is 1.65. The van der Waals surface area contributed by atoms with Crippen molar-refractivity contribution in [3.63, 3.8) is 0 Å². The Kier molecular flexibility index (Phi) is 4.36. The number of benzene rings is 1. The quantitative estimate of drug-likeness (QED) is 0.900. The van der Waals surface area contributed by atoms with E-state index in [2.05, 4.69) is 15.6 Å². The van der Waals surface area contributed by atoms with Crippen molar-refractivity contribution in [2.45, 2.75) is 13.5 Å². The van der Waals surface area contributed by atoms with E-state index in [1.807, 2.05) is 30.3 Å². The first-order chi connectivity index (χ1) is 9.15. The number of anilines is 2. The normalized spacial score (nSPS) is 10.0. The van der Waals surface area contributed by atoms with E-state index in [1.54, 1.807) is 12.4 Å². The Morgan fingerprint density at radius 3 is 2.84 bits per heavy atom. The maximum atomic E-state index is 11.0. The standard InChI is InChI=1S/C14H14ClN3O/c1-10(19)18-13-4-2-3-12(7-13)17-8-11-5-6-16-9-14(11)15/h2-7,9,17H,8H2,1H3,(H,18,19). The van der Waals surface area contributed by atoms with Crippen molar-refractivity contribution in [2.24, 2.45) is 0 Å². The number of rotatable bonds is 4. The van der Waals surface area contributed by atoms with Crippen LogP contribution in [0, 0.1) is 0 Å². The molecule has 0 saturated carbocycles. The van der Waals surface area contributed by atoms with E-state index in [-0.39, 0.29) is 5.91 Å². The first kappa shape index (κ1) is 13.4. The Labute approximate surface area is 116 Å². The van der Waals surface area contributed by atoms with Gasteiger partial charge in [-0.1, -0.05) is 17.7 Å². The molecule has 1 heterocycles. The van der Waals surface area contributed by atoms with Gasteiger partial charge in [0.05, 0.1) is 5.02 Å². The number of nitrogens with one attached hydrogen (secondary N) is 2. The van der Waals surface area contributed by atoms with Gasteiger partial charge < -0.3 is 10.6 Å². The van der Waals surface area contributed by atoms with Gasteiger partial charge in [-0.2, -0.15) is 0 Å². The molecule has 0 bridgehead atoms. The summed E-state index contributed by atoms with van der Waals surface area (Å²) in [6, 6.07) is 9.39. The van der Waals surface area contributed by atoms with Gasteiger partial charge in [0, 0.05) is 37.2 Å². The van der Waals surface area contributed by atoms with E-state index >= 15 is 0 Å². The van der Waals surface area contributed by atoms with E-state index < -0.39 is 0 Å². The van der Waals surface area contributed by atoms with Gasteiger partial charge in [-0.05, 0) is 29.8 Å². The van der Waals surface area contributed by atoms with Crippen molar-refractivity contribution in [2.75, 3.05) is 10.6 Å². The van der Waals surface area contributed by atoms with Crippen LogP contribution >= 0.6 is 11.6 Å². The zero-order valence-corrected chi connectivity index (χ0v) is 11.2. The van der Waals surface area contributed by atoms with Gasteiger partial charge in [0.25, 0.3) is 0 Å². The van der Waals surface area contributed by atoms with Crippen molar-refractivity contribution in [3.8, 4) is 0 Å². The van der Waals surface area contributed by atoms with Crippen molar-refractivity contribution in [1.29, 1.82) is 0 Å². The fraction of sp³-hybridized carbons (Fsp3) is 0.143. The van der Waals surface area contributed by atoms with Crippen LogP contribution < -0.4 is 10.6 Å². The van der Waals surface area contributed by atoms with Gasteiger partial charge in [0.1, 0.15) is 0 Å². The Hall–Kier alpha value is -2.07. The Morgan fingerprint density at radius 2 is 2.11 bits per heavy atom. The second kappa shape index (κ2) is 6.20. The lowest BCUT2D eigenvalue weighted by Gasteiger charge is -2.09. The molecule has 0 aliphatic rings. The van der Waals surface area contributed by atoms with Crippen LogP contribution in [0.2, 0.25) is 5.02 Å². The minimum atomic E-state index is -0.0886. The molecule has 1 amide bonds. The van der Waals surface area contributed by atoms with Crippen molar-refractivity contribution < 1.29 is 4.79 Å². The summed E-state index contributed by atoms with van der Waals surface area (Å²) in [5.74, 6) is -0.0886. The van der Waals surface area contributed by atoms with E-state index in [0.717, 1.165) is 16.9 Å². The molecule has 19 heavy (non-hydrogen) atoms. The van der Waals surface area contributed by atoms with Crippen LogP contribution in [0.4, 0.5) is 11.4 Å². The first-order valence-electron chi connectivity index (χ1n) is 5.85. The first-order valence-corrected chi connectivity index (χ1v) is 6.23. The van der Waals surface area contributed by atoms with E-state index in [0.29, 0.717) is 11.6 Å². The van der Waals surface area contributed by atoms with Crippen molar-refractivity contribution >= 4 is 28.9 Å². The molecule has 0 radical (unpaired) electrons. The van der Waals surface area contributed by atoms with Crippen LogP contribution in [-0.2, 0) is 11.3 Å². The number of halogens is 1. The van der Waals surface area contributed by atoms with E-state index in [4.69, 9.17) is 11.6 Å². The molecule has 0 fully saturated rings. The molecule has 1 aromatic heterocycles. The average Bonchev–Trinajstić information content (AvgIpc) is 2.37. The van der Waals surface area contributed by atoms with E-state index in [9.17, 15) is 4.79 Å². The summed E-state index contributed by atoms with van der Waals surface area (Å²) in [5.41, 5.74) is 2.65. The molecule has 0 atom stereocenters. The maximum absolute atomic E-state index is 11.0. The lowest BCUT2D eigenvalue weighted by atomic mass is 10.2. The molecule has 4 nitrogen and oxygen atoms in total. The summed E-state index contributed by atoms with van der Waals surface area (Å²) >= 11 is 6.03. The van der Waals surface area contributed by atoms with Crippen LogP contribution in [0.15, 0.2) is 42.7 Å². The zero-order chi connectivity index (χ0) is 13.7. The van der Waals surface area contributed by atoms with E-state index in [1.165, 1.54) is 6.92 Å².